The predicted octanol–water partition coefficient (Wildman–Crippen LogP) is -1.04. The summed E-state index contributed by atoms with van der Waals surface area (Å²) in [5.41, 5.74) is -3.43. The number of carbonyl (C=O) groups excluding carboxylic acids is 7. The number of pyridine rings is 2. The van der Waals surface area contributed by atoms with Crippen molar-refractivity contribution < 1.29 is 114 Å². The number of amides is 5. The van der Waals surface area contributed by atoms with E-state index in [9.17, 15) is 73.2 Å². The van der Waals surface area contributed by atoms with E-state index in [-0.39, 0.29) is 46.2 Å². The van der Waals surface area contributed by atoms with Crippen LogP contribution in [0, 0.1) is 5.41 Å². The summed E-state index contributed by atoms with van der Waals surface area (Å²) in [7, 11) is 0. The van der Waals surface area contributed by atoms with Gasteiger partial charge in [0.15, 0.2) is 0 Å². The number of aliphatic hydroxyl groups is 4. The number of likely N-dealkylation sites (tertiary alicyclic amines) is 2. The van der Waals surface area contributed by atoms with Gasteiger partial charge in [-0.1, -0.05) is 61.8 Å². The van der Waals surface area contributed by atoms with Crippen LogP contribution < -0.4 is 31.6 Å². The zero-order valence-electron chi connectivity index (χ0n) is 53.2. The average molecular weight is 1310 g/mol. The number of fused-ring (bicyclic) bond motifs is 5. The van der Waals surface area contributed by atoms with Gasteiger partial charge in [0.25, 0.3) is 5.56 Å². The number of ether oxygens (including phenoxy) is 3. The standard InChI is InChI=1S/C54H68N8O21.3C2H6.3H2O/c1-3-30-31-16-29(82-52(80)61-14-10-28(11-15-61)60-12-6-5-7-13-60)8-9-35(31)59-49-32(30)26-62-36(49)17-34-33(50(62)78)27-81-51(79)53(34,4-2)83-48(77)25-58-44(70)21-40(66)54(37(63)18-41(67)55-22-45(71)72,38(64)19-42(68)56-23-46(73)74)39(65)20-43(69)57-24-47(75)76;3*1-2;;;/h8-9,16-17,28,37-40,63-66H,3-7,10-15,18-27H2,1-2H3,(H,55,67)(H,56,68)(H,57,69)(H,58,70)(H,71,72)(H,73,74)(H,75,76);3*1-2H3;3*1H2/t37?,38?,39?,40?,53-,54?;;;;;;/m0....../s1. The van der Waals surface area contributed by atoms with E-state index >= 15 is 0 Å². The molecule has 0 aliphatic carbocycles. The lowest BCUT2D eigenvalue weighted by Crippen LogP contribution is -2.63. The fourth-order valence-corrected chi connectivity index (χ4v) is 11.6. The fourth-order valence-electron chi connectivity index (χ4n) is 11.6. The summed E-state index contributed by atoms with van der Waals surface area (Å²) in [5, 5.41) is 82.4. The van der Waals surface area contributed by atoms with Gasteiger partial charge in [0.05, 0.1) is 84.5 Å². The van der Waals surface area contributed by atoms with Crippen molar-refractivity contribution in [1.82, 2.24) is 40.6 Å². The lowest BCUT2D eigenvalue weighted by Gasteiger charge is -2.47. The summed E-state index contributed by atoms with van der Waals surface area (Å²) in [6.45, 7) is 14.1. The molecule has 4 aliphatic rings. The summed E-state index contributed by atoms with van der Waals surface area (Å²) in [6, 6.07) is 7.01. The van der Waals surface area contributed by atoms with Gasteiger partial charge in [0.1, 0.15) is 38.5 Å². The molecule has 0 radical (unpaired) electrons. The molecule has 1 aromatic carbocycles. The number of carbonyl (C=O) groups is 10. The third kappa shape index (κ3) is 19.4. The first-order valence-electron chi connectivity index (χ1n) is 30.2. The minimum Gasteiger partial charge on any atom is -0.480 e. The Balaban J connectivity index is 0.00000456. The second-order valence-corrected chi connectivity index (χ2v) is 20.8. The third-order valence-electron chi connectivity index (χ3n) is 15.8. The fraction of sp³-hybridized carbons (Fsp3) is 0.600. The molecule has 516 valence electrons. The summed E-state index contributed by atoms with van der Waals surface area (Å²) in [6.07, 6.45) is -10.6. The van der Waals surface area contributed by atoms with Crippen LogP contribution in [0.3, 0.4) is 0 Å². The van der Waals surface area contributed by atoms with Crippen molar-refractivity contribution in [1.29, 1.82) is 0 Å². The van der Waals surface area contributed by atoms with Crippen molar-refractivity contribution in [3.05, 3.63) is 56.9 Å². The van der Waals surface area contributed by atoms with Crippen molar-refractivity contribution in [3.8, 4) is 17.1 Å². The molecule has 32 nitrogen and oxygen atoms in total. The molecule has 5 amide bonds. The van der Waals surface area contributed by atoms with Gasteiger partial charge in [-0.3, -0.25) is 43.2 Å². The maximum Gasteiger partial charge on any atom is 0.415 e. The number of cyclic esters (lactones) is 1. The van der Waals surface area contributed by atoms with Gasteiger partial charge in [-0.15, -0.1) is 0 Å². The molecule has 0 saturated carbocycles. The quantitative estimate of drug-likeness (QED) is 0.0353. The van der Waals surface area contributed by atoms with Crippen LogP contribution in [0.25, 0.3) is 22.3 Å². The van der Waals surface area contributed by atoms with E-state index in [0.717, 1.165) is 31.5 Å². The van der Waals surface area contributed by atoms with E-state index < -0.39 is 159 Å². The Bertz CT molecular complexity index is 3010. The van der Waals surface area contributed by atoms with Crippen LogP contribution in [0.1, 0.15) is 142 Å². The number of nitrogens with zero attached hydrogens (tertiary/aromatic N) is 4. The van der Waals surface area contributed by atoms with Crippen LogP contribution in [0.15, 0.2) is 29.1 Å². The zero-order valence-corrected chi connectivity index (χ0v) is 53.2. The Labute approximate surface area is 530 Å². The molecule has 5 atom stereocenters. The molecule has 7 rings (SSSR count). The topological polar surface area (TPSA) is 524 Å². The van der Waals surface area contributed by atoms with Gasteiger partial charge in [-0.2, -0.15) is 0 Å². The smallest absolute Gasteiger partial charge is 0.415 e. The lowest BCUT2D eigenvalue weighted by molar-refractivity contribution is -0.200. The van der Waals surface area contributed by atoms with Crippen LogP contribution >= 0.6 is 0 Å². The number of carboxylic acid groups (broad SMARTS) is 3. The Morgan fingerprint density at radius 3 is 1.58 bits per heavy atom. The number of carboxylic acids is 3. The third-order valence-corrected chi connectivity index (χ3v) is 15.8. The molecule has 3 aromatic rings. The Morgan fingerprint density at radius 1 is 0.663 bits per heavy atom. The molecule has 4 unspecified atom stereocenters. The average Bonchev–Trinajstić information content (AvgIpc) is 1.45. The summed E-state index contributed by atoms with van der Waals surface area (Å²) < 4.78 is 18.6. The largest absolute Gasteiger partial charge is 0.480 e. The lowest BCUT2D eigenvalue weighted by atomic mass is 9.64. The number of esters is 2. The van der Waals surface area contributed by atoms with E-state index in [2.05, 4.69) is 10.2 Å². The van der Waals surface area contributed by atoms with E-state index in [1.54, 1.807) is 23.1 Å². The Morgan fingerprint density at radius 2 is 1.13 bits per heavy atom. The number of aromatic nitrogens is 2. The summed E-state index contributed by atoms with van der Waals surface area (Å²) in [4.78, 5) is 150. The minimum atomic E-state index is -3.16. The van der Waals surface area contributed by atoms with Crippen LogP contribution in [-0.4, -0.2) is 214 Å². The number of hydrogen-bond acceptors (Lipinski definition) is 20. The second kappa shape index (κ2) is 37.9. The Kier molecular flexibility index (Phi) is 33.7. The number of piperidine rings is 2. The van der Waals surface area contributed by atoms with E-state index in [1.807, 2.05) is 64.4 Å². The van der Waals surface area contributed by atoms with Gasteiger partial charge in [0.2, 0.25) is 29.2 Å². The highest BCUT2D eigenvalue weighted by Crippen LogP contribution is 2.44. The zero-order chi connectivity index (χ0) is 66.5. The molecule has 2 fully saturated rings. The van der Waals surface area contributed by atoms with Gasteiger partial charge in [-0.25, -0.2) is 14.6 Å². The number of aryl methyl sites for hydroxylation is 1. The molecule has 6 heterocycles. The van der Waals surface area contributed by atoms with Crippen molar-refractivity contribution in [2.24, 2.45) is 5.41 Å². The van der Waals surface area contributed by atoms with Gasteiger partial charge in [-0.05, 0) is 81.4 Å². The van der Waals surface area contributed by atoms with Crippen LogP contribution in [0.2, 0.25) is 0 Å². The molecule has 92 heavy (non-hydrogen) atoms. The van der Waals surface area contributed by atoms with E-state index in [0.29, 0.717) is 53.5 Å². The maximum absolute atomic E-state index is 14.5. The van der Waals surface area contributed by atoms with Crippen LogP contribution in [0.5, 0.6) is 5.75 Å². The van der Waals surface area contributed by atoms with Crippen molar-refractivity contribution in [2.45, 2.75) is 175 Å². The maximum atomic E-state index is 14.5. The van der Waals surface area contributed by atoms with Gasteiger partial charge in [0, 0.05) is 35.6 Å². The molecular weight excluding hydrogens is 1220 g/mol. The highest BCUT2D eigenvalue weighted by molar-refractivity contribution is 5.92. The number of aliphatic hydroxyl groups excluding tert-OH is 4. The number of benzene rings is 1. The van der Waals surface area contributed by atoms with Crippen LogP contribution in [-0.2, 0) is 77.8 Å². The van der Waals surface area contributed by atoms with Gasteiger partial charge >= 0.3 is 35.9 Å². The van der Waals surface area contributed by atoms with Gasteiger partial charge < -0.3 is 102 Å². The van der Waals surface area contributed by atoms with Crippen molar-refractivity contribution in [2.75, 3.05) is 52.4 Å². The number of nitrogens with one attached hydrogen (secondary N) is 4. The molecule has 0 spiro atoms. The summed E-state index contributed by atoms with van der Waals surface area (Å²) in [5.74, 6) is -12.0. The molecule has 0 bridgehead atoms. The SMILES string of the molecule is CC.CC.CC.CCc1c2c(nc3ccc(OC(=O)N4CCC(N5CCCCC5)CC4)cc13)-c1cc3c(c(=O)n1C2)COC(=O)[C@@]3(CC)OC(=O)CNC(=O)CC(O)C(C(O)CC(=O)NCC(=O)O)(C(O)CC(=O)NCC(=O)O)C(O)CC(=O)NCC(=O)O.O.O.O. The number of aliphatic carboxylic acids is 3. The first-order valence-corrected chi connectivity index (χ1v) is 30.2. The van der Waals surface area contributed by atoms with Crippen molar-refractivity contribution >= 4 is 70.5 Å². The number of rotatable bonds is 25. The second-order valence-electron chi connectivity index (χ2n) is 20.8. The van der Waals surface area contributed by atoms with E-state index in [1.165, 1.54) is 36.8 Å². The number of hydrogen-bond donors (Lipinski definition) is 11. The highest BCUT2D eigenvalue weighted by atomic mass is 16.6. The minimum absolute atomic E-state index is 0. The molecular formula is C60H92N8O24. The normalized spacial score (nSPS) is 17.3. The summed E-state index contributed by atoms with van der Waals surface area (Å²) >= 11 is 0. The molecule has 2 saturated heterocycles. The Hall–Kier alpha value is -8.24. The predicted molar refractivity (Wildman–Crippen MR) is 329 cm³/mol. The van der Waals surface area contributed by atoms with E-state index in [4.69, 9.17) is 34.5 Å². The van der Waals surface area contributed by atoms with Crippen LogP contribution in [0.4, 0.5) is 4.79 Å². The molecule has 2 aromatic heterocycles. The molecule has 32 heteroatoms. The molecule has 17 N–H and O–H groups in total. The first-order chi connectivity index (χ1) is 42.4. The van der Waals surface area contributed by atoms with Crippen molar-refractivity contribution in [3.63, 3.8) is 0 Å². The monoisotopic (exact) mass is 1310 g/mol. The first kappa shape index (κ1) is 81.8. The molecule has 4 aliphatic heterocycles. The highest BCUT2D eigenvalue weighted by Gasteiger charge is 2.57.